The molecule has 0 rings (SSSR count). The molecule has 0 saturated heterocycles. The molecule has 0 aliphatic rings. The summed E-state index contributed by atoms with van der Waals surface area (Å²) in [5, 5.41) is 11.9. The van der Waals surface area contributed by atoms with Crippen LogP contribution in [0.1, 0.15) is 13.3 Å². The highest BCUT2D eigenvalue weighted by molar-refractivity contribution is 4.83. The molecular formula is C9H19F3N2O. The highest BCUT2D eigenvalue weighted by Crippen LogP contribution is 2.19. The van der Waals surface area contributed by atoms with Gasteiger partial charge >= 0.3 is 6.18 Å². The third kappa shape index (κ3) is 6.70. The van der Waals surface area contributed by atoms with Gasteiger partial charge in [0.05, 0.1) is 18.6 Å². The molecule has 1 unspecified atom stereocenters. The zero-order valence-electron chi connectivity index (χ0n) is 9.36. The van der Waals surface area contributed by atoms with E-state index in [0.29, 0.717) is 6.54 Å². The Labute approximate surface area is 88.3 Å². The molecular weight excluding hydrogens is 209 g/mol. The molecule has 0 aromatic heterocycles. The van der Waals surface area contributed by atoms with Crippen LogP contribution in [0.5, 0.6) is 0 Å². The number of alkyl halides is 3. The lowest BCUT2D eigenvalue weighted by molar-refractivity contribution is -0.137. The Morgan fingerprint density at radius 2 is 1.87 bits per heavy atom. The molecule has 0 heterocycles. The third-order valence-corrected chi connectivity index (χ3v) is 2.35. The number of halogens is 3. The van der Waals surface area contributed by atoms with Crippen LogP contribution in [-0.4, -0.2) is 55.5 Å². The number of aliphatic hydroxyl groups excluding tert-OH is 1. The van der Waals surface area contributed by atoms with Crippen molar-refractivity contribution in [3.63, 3.8) is 0 Å². The second-order valence-corrected chi connectivity index (χ2v) is 4.07. The molecule has 6 heteroatoms. The van der Waals surface area contributed by atoms with Gasteiger partial charge in [-0.2, -0.15) is 13.2 Å². The Balaban J connectivity index is 3.97. The molecule has 0 aliphatic carbocycles. The highest BCUT2D eigenvalue weighted by atomic mass is 19.4. The van der Waals surface area contributed by atoms with E-state index in [-0.39, 0.29) is 13.2 Å². The summed E-state index contributed by atoms with van der Waals surface area (Å²) in [6.07, 6.45) is -4.95. The lowest BCUT2D eigenvalue weighted by Gasteiger charge is -2.32. The monoisotopic (exact) mass is 228 g/mol. The standard InChI is InChI=1S/C9H19F3N2O/c1-8(7-15,13-2)6-14(3)5-4-9(10,11)12/h13,15H,4-7H2,1-3H3. The van der Waals surface area contributed by atoms with E-state index < -0.39 is 18.1 Å². The van der Waals surface area contributed by atoms with Crippen LogP contribution in [0.4, 0.5) is 13.2 Å². The SMILES string of the molecule is CNC(C)(CO)CN(C)CCC(F)(F)F. The van der Waals surface area contributed by atoms with Gasteiger partial charge in [0.25, 0.3) is 0 Å². The van der Waals surface area contributed by atoms with Gasteiger partial charge in [-0.3, -0.25) is 0 Å². The van der Waals surface area contributed by atoms with E-state index in [2.05, 4.69) is 5.32 Å². The zero-order chi connectivity index (χ0) is 12.1. The number of rotatable bonds is 6. The molecule has 15 heavy (non-hydrogen) atoms. The summed E-state index contributed by atoms with van der Waals surface area (Å²) in [6, 6.07) is 0. The van der Waals surface area contributed by atoms with Gasteiger partial charge in [-0.1, -0.05) is 0 Å². The quantitative estimate of drug-likeness (QED) is 0.707. The van der Waals surface area contributed by atoms with Crippen molar-refractivity contribution in [1.29, 1.82) is 0 Å². The number of nitrogens with one attached hydrogen (secondary N) is 1. The Bertz CT molecular complexity index is 181. The van der Waals surface area contributed by atoms with Crippen molar-refractivity contribution in [2.24, 2.45) is 0 Å². The highest BCUT2D eigenvalue weighted by Gasteiger charge is 2.29. The van der Waals surface area contributed by atoms with E-state index in [0.717, 1.165) is 0 Å². The van der Waals surface area contributed by atoms with Crippen molar-refractivity contribution in [2.45, 2.75) is 25.1 Å². The van der Waals surface area contributed by atoms with E-state index >= 15 is 0 Å². The van der Waals surface area contributed by atoms with Crippen LogP contribution in [0, 0.1) is 0 Å². The van der Waals surface area contributed by atoms with Gasteiger partial charge in [-0.05, 0) is 21.0 Å². The summed E-state index contributed by atoms with van der Waals surface area (Å²) in [4.78, 5) is 1.56. The minimum absolute atomic E-state index is 0.0548. The largest absolute Gasteiger partial charge is 0.394 e. The first-order valence-electron chi connectivity index (χ1n) is 4.77. The Kier molecular flexibility index (Phi) is 5.55. The third-order valence-electron chi connectivity index (χ3n) is 2.35. The number of nitrogens with zero attached hydrogens (tertiary/aromatic N) is 1. The van der Waals surface area contributed by atoms with Crippen LogP contribution in [0.3, 0.4) is 0 Å². The van der Waals surface area contributed by atoms with Gasteiger partial charge in [0.1, 0.15) is 0 Å². The van der Waals surface area contributed by atoms with Gasteiger partial charge in [-0.25, -0.2) is 0 Å². The Morgan fingerprint density at radius 1 is 1.33 bits per heavy atom. The summed E-state index contributed by atoms with van der Waals surface area (Å²) in [7, 11) is 3.28. The first kappa shape index (κ1) is 14.7. The lowest BCUT2D eigenvalue weighted by atomic mass is 10.0. The number of hydrogen-bond acceptors (Lipinski definition) is 3. The van der Waals surface area contributed by atoms with Crippen molar-refractivity contribution < 1.29 is 18.3 Å². The topological polar surface area (TPSA) is 35.5 Å². The van der Waals surface area contributed by atoms with Crippen LogP contribution in [-0.2, 0) is 0 Å². The minimum atomic E-state index is -4.12. The average molecular weight is 228 g/mol. The van der Waals surface area contributed by atoms with Crippen molar-refractivity contribution in [1.82, 2.24) is 10.2 Å². The van der Waals surface area contributed by atoms with Crippen molar-refractivity contribution >= 4 is 0 Å². The second kappa shape index (κ2) is 5.67. The number of aliphatic hydroxyl groups is 1. The van der Waals surface area contributed by atoms with E-state index in [1.54, 1.807) is 25.9 Å². The van der Waals surface area contributed by atoms with Crippen LogP contribution < -0.4 is 5.32 Å². The van der Waals surface area contributed by atoms with Crippen molar-refractivity contribution in [3.8, 4) is 0 Å². The van der Waals surface area contributed by atoms with Crippen molar-refractivity contribution in [2.75, 3.05) is 33.8 Å². The van der Waals surface area contributed by atoms with Crippen LogP contribution in [0.25, 0.3) is 0 Å². The van der Waals surface area contributed by atoms with Crippen LogP contribution in [0.2, 0.25) is 0 Å². The molecule has 0 radical (unpaired) electrons. The average Bonchev–Trinajstić information content (AvgIpc) is 2.13. The molecule has 0 spiro atoms. The summed E-state index contributed by atoms with van der Waals surface area (Å²) in [5.41, 5.74) is -0.555. The van der Waals surface area contributed by atoms with Crippen LogP contribution >= 0.6 is 0 Å². The van der Waals surface area contributed by atoms with E-state index in [9.17, 15) is 13.2 Å². The Morgan fingerprint density at radius 3 is 2.20 bits per heavy atom. The van der Waals surface area contributed by atoms with E-state index in [4.69, 9.17) is 5.11 Å². The predicted octanol–water partition coefficient (Wildman–Crippen LogP) is 0.841. The molecule has 0 aromatic carbocycles. The summed E-state index contributed by atoms with van der Waals surface area (Å²) < 4.78 is 35.8. The maximum Gasteiger partial charge on any atom is 0.390 e. The summed E-state index contributed by atoms with van der Waals surface area (Å²) in [5.74, 6) is 0. The summed E-state index contributed by atoms with van der Waals surface area (Å²) >= 11 is 0. The maximum absolute atomic E-state index is 11.9. The molecule has 1 atom stereocenters. The molecule has 92 valence electrons. The van der Waals surface area contributed by atoms with E-state index in [1.807, 2.05) is 0 Å². The maximum atomic E-state index is 11.9. The predicted molar refractivity (Wildman–Crippen MR) is 52.7 cm³/mol. The molecule has 0 amide bonds. The molecule has 0 fully saturated rings. The molecule has 3 nitrogen and oxygen atoms in total. The molecule has 0 bridgehead atoms. The number of hydrogen-bond donors (Lipinski definition) is 2. The molecule has 0 aromatic rings. The van der Waals surface area contributed by atoms with Gasteiger partial charge in [-0.15, -0.1) is 0 Å². The fourth-order valence-electron chi connectivity index (χ4n) is 1.20. The van der Waals surface area contributed by atoms with Crippen LogP contribution in [0.15, 0.2) is 0 Å². The Hall–Kier alpha value is -0.330. The van der Waals surface area contributed by atoms with Gasteiger partial charge in [0.15, 0.2) is 0 Å². The minimum Gasteiger partial charge on any atom is -0.394 e. The lowest BCUT2D eigenvalue weighted by Crippen LogP contribution is -2.52. The molecule has 2 N–H and O–H groups in total. The first-order chi connectivity index (χ1) is 6.72. The fraction of sp³-hybridized carbons (Fsp3) is 1.00. The van der Waals surface area contributed by atoms with Gasteiger partial charge in [0, 0.05) is 13.1 Å². The summed E-state index contributed by atoms with van der Waals surface area (Å²) in [6.45, 7) is 1.97. The van der Waals surface area contributed by atoms with Gasteiger partial charge in [0.2, 0.25) is 0 Å². The normalized spacial score (nSPS) is 16.8. The van der Waals surface area contributed by atoms with Gasteiger partial charge < -0.3 is 15.3 Å². The zero-order valence-corrected chi connectivity index (χ0v) is 9.36. The molecule has 0 saturated carbocycles. The second-order valence-electron chi connectivity index (χ2n) is 4.07. The number of likely N-dealkylation sites (N-methyl/N-ethyl adjacent to an activating group) is 2. The fourth-order valence-corrected chi connectivity index (χ4v) is 1.20. The van der Waals surface area contributed by atoms with E-state index in [1.165, 1.54) is 0 Å². The molecule has 0 aliphatic heterocycles. The smallest absolute Gasteiger partial charge is 0.390 e. The van der Waals surface area contributed by atoms with Crippen molar-refractivity contribution in [3.05, 3.63) is 0 Å². The first-order valence-corrected chi connectivity index (χ1v) is 4.77.